The highest BCUT2D eigenvalue weighted by Crippen LogP contribution is 2.52. The molecular formula is C17H33N3O5P+. The summed E-state index contributed by atoms with van der Waals surface area (Å²) >= 11 is 0. The summed E-state index contributed by atoms with van der Waals surface area (Å²) in [5, 5.41) is 4.98. The van der Waals surface area contributed by atoms with E-state index in [1.165, 1.54) is 6.42 Å². The van der Waals surface area contributed by atoms with E-state index in [0.29, 0.717) is 0 Å². The van der Waals surface area contributed by atoms with Gasteiger partial charge in [0.05, 0.1) is 13.1 Å². The molecular weight excluding hydrogens is 357 g/mol. The Morgan fingerprint density at radius 1 is 1.15 bits per heavy atom. The highest BCUT2D eigenvalue weighted by atomic mass is 31.2. The van der Waals surface area contributed by atoms with E-state index < -0.39 is 31.4 Å². The summed E-state index contributed by atoms with van der Waals surface area (Å²) in [5.41, 5.74) is 5.24. The lowest BCUT2D eigenvalue weighted by molar-refractivity contribution is -0.130. The van der Waals surface area contributed by atoms with E-state index in [1.54, 1.807) is 13.8 Å². The largest absolute Gasteiger partial charge is 0.347 e. The maximum Gasteiger partial charge on any atom is 0.275 e. The van der Waals surface area contributed by atoms with E-state index in [2.05, 4.69) is 10.6 Å². The molecule has 0 saturated heterocycles. The van der Waals surface area contributed by atoms with E-state index in [0.717, 1.165) is 25.7 Å². The third-order valence-electron chi connectivity index (χ3n) is 4.62. The minimum absolute atomic E-state index is 0.172. The summed E-state index contributed by atoms with van der Waals surface area (Å²) in [7, 11) is -3.28. The van der Waals surface area contributed by atoms with Crippen molar-refractivity contribution >= 4 is 25.3 Å². The molecule has 0 bridgehead atoms. The van der Waals surface area contributed by atoms with Gasteiger partial charge >= 0.3 is 0 Å². The summed E-state index contributed by atoms with van der Waals surface area (Å²) < 4.78 is 0. The predicted molar refractivity (Wildman–Crippen MR) is 102 cm³/mol. The van der Waals surface area contributed by atoms with E-state index in [4.69, 9.17) is 5.73 Å². The van der Waals surface area contributed by atoms with Gasteiger partial charge < -0.3 is 16.4 Å². The fourth-order valence-electron chi connectivity index (χ4n) is 3.25. The van der Waals surface area contributed by atoms with Gasteiger partial charge in [0.25, 0.3) is 7.72 Å². The monoisotopic (exact) mass is 390 g/mol. The van der Waals surface area contributed by atoms with Crippen LogP contribution in [0.25, 0.3) is 0 Å². The van der Waals surface area contributed by atoms with E-state index in [9.17, 15) is 24.2 Å². The van der Waals surface area contributed by atoms with Crippen LogP contribution in [0.5, 0.6) is 0 Å². The molecule has 6 N–H and O–H groups in total. The van der Waals surface area contributed by atoms with Crippen molar-refractivity contribution in [2.75, 3.05) is 25.4 Å². The SMILES string of the molecule is CC(C)[C@H](NC(=O)CN)C(=O)NCC(=O)C[P+](O)(O)CC1CCCCC1. The molecule has 1 fully saturated rings. The van der Waals surface area contributed by atoms with E-state index in [1.807, 2.05) is 0 Å². The molecule has 1 aliphatic carbocycles. The highest BCUT2D eigenvalue weighted by Gasteiger charge is 2.39. The number of carbonyl (C=O) groups is 3. The van der Waals surface area contributed by atoms with Crippen LogP contribution < -0.4 is 16.4 Å². The molecule has 1 aliphatic rings. The van der Waals surface area contributed by atoms with Crippen LogP contribution in [0, 0.1) is 11.8 Å². The fourth-order valence-corrected chi connectivity index (χ4v) is 5.25. The van der Waals surface area contributed by atoms with Crippen LogP contribution in [-0.2, 0) is 14.4 Å². The number of hydrogen-bond acceptors (Lipinski definition) is 6. The Balaban J connectivity index is 2.45. The first kappa shape index (κ1) is 23.0. The molecule has 0 radical (unpaired) electrons. The van der Waals surface area contributed by atoms with Gasteiger partial charge in [-0.3, -0.25) is 14.4 Å². The number of hydrogen-bond donors (Lipinski definition) is 5. The molecule has 0 aliphatic heterocycles. The van der Waals surface area contributed by atoms with Crippen LogP contribution in [0.2, 0.25) is 0 Å². The van der Waals surface area contributed by atoms with Crippen molar-refractivity contribution in [1.29, 1.82) is 0 Å². The Bertz CT molecular complexity index is 493. The van der Waals surface area contributed by atoms with Gasteiger partial charge in [0.2, 0.25) is 11.8 Å². The number of carbonyl (C=O) groups excluding carboxylic acids is 3. The van der Waals surface area contributed by atoms with E-state index >= 15 is 0 Å². The maximum atomic E-state index is 12.2. The lowest BCUT2D eigenvalue weighted by atomic mass is 9.91. The standard InChI is InChI=1S/C17H32N3O5P/c1-12(2)16(20-15(22)8-18)17(23)19-9-14(21)11-26(24,25)10-13-6-4-3-5-7-13/h12-13,16,24-25H,3-11,18H2,1-2H3,(H-,19,20,22,23)/p+1/t16-/m0/s1. The van der Waals surface area contributed by atoms with Gasteiger partial charge in [-0.05, 0) is 24.7 Å². The zero-order valence-electron chi connectivity index (χ0n) is 15.7. The Morgan fingerprint density at radius 3 is 2.31 bits per heavy atom. The number of ketones is 1. The van der Waals surface area contributed by atoms with Crippen molar-refractivity contribution in [3.8, 4) is 0 Å². The van der Waals surface area contributed by atoms with Gasteiger partial charge in [-0.25, -0.2) is 9.79 Å². The summed E-state index contributed by atoms with van der Waals surface area (Å²) in [6.45, 7) is 3.03. The second kappa shape index (κ2) is 10.9. The first-order valence-corrected chi connectivity index (χ1v) is 11.3. The molecule has 0 heterocycles. The average Bonchev–Trinajstić information content (AvgIpc) is 2.57. The van der Waals surface area contributed by atoms with Crippen LogP contribution in [-0.4, -0.2) is 58.8 Å². The number of amides is 2. The Labute approximate surface area is 155 Å². The van der Waals surface area contributed by atoms with Crippen LogP contribution in [0.3, 0.4) is 0 Å². The summed E-state index contributed by atoms with van der Waals surface area (Å²) in [6.07, 6.45) is 5.30. The predicted octanol–water partition coefficient (Wildman–Crippen LogP) is 0.184. The van der Waals surface area contributed by atoms with Crippen molar-refractivity contribution in [2.45, 2.75) is 52.0 Å². The third kappa shape index (κ3) is 8.54. The molecule has 1 saturated carbocycles. The average molecular weight is 390 g/mol. The fraction of sp³-hybridized carbons (Fsp3) is 0.824. The Morgan fingerprint density at radius 2 is 1.77 bits per heavy atom. The molecule has 9 heteroatoms. The molecule has 2 amide bonds. The smallest absolute Gasteiger partial charge is 0.275 e. The van der Waals surface area contributed by atoms with Gasteiger partial charge in [-0.1, -0.05) is 33.1 Å². The molecule has 0 aromatic heterocycles. The van der Waals surface area contributed by atoms with Crippen LogP contribution in [0.4, 0.5) is 0 Å². The summed E-state index contributed by atoms with van der Waals surface area (Å²) in [4.78, 5) is 56.1. The summed E-state index contributed by atoms with van der Waals surface area (Å²) in [6, 6.07) is -0.788. The van der Waals surface area contributed by atoms with Crippen LogP contribution in [0.15, 0.2) is 0 Å². The van der Waals surface area contributed by atoms with Crippen molar-refractivity contribution in [2.24, 2.45) is 17.6 Å². The topological polar surface area (TPSA) is 142 Å². The van der Waals surface area contributed by atoms with Gasteiger partial charge in [-0.2, -0.15) is 0 Å². The molecule has 0 unspecified atom stereocenters. The lowest BCUT2D eigenvalue weighted by Gasteiger charge is -2.23. The third-order valence-corrected chi connectivity index (χ3v) is 6.58. The zero-order chi connectivity index (χ0) is 19.7. The maximum absolute atomic E-state index is 12.2. The number of nitrogens with one attached hydrogen (secondary N) is 2. The second-order valence-electron chi connectivity index (χ2n) is 7.47. The second-order valence-corrected chi connectivity index (χ2v) is 9.91. The highest BCUT2D eigenvalue weighted by molar-refractivity contribution is 7.65. The molecule has 0 spiro atoms. The first-order chi connectivity index (χ1) is 12.1. The molecule has 150 valence electrons. The van der Waals surface area contributed by atoms with Crippen LogP contribution >= 0.6 is 7.72 Å². The Hall–Kier alpha value is -1.08. The number of Topliss-reactive ketones (excluding diaryl/α,β-unsaturated/α-hetero) is 1. The molecule has 0 aromatic carbocycles. The van der Waals surface area contributed by atoms with Crippen molar-refractivity contribution in [3.05, 3.63) is 0 Å². The van der Waals surface area contributed by atoms with Crippen molar-refractivity contribution < 1.29 is 24.2 Å². The van der Waals surface area contributed by atoms with Crippen molar-refractivity contribution in [3.63, 3.8) is 0 Å². The van der Waals surface area contributed by atoms with Crippen molar-refractivity contribution in [1.82, 2.24) is 10.6 Å². The van der Waals surface area contributed by atoms with Gasteiger partial charge in [-0.15, -0.1) is 0 Å². The molecule has 1 atom stereocenters. The minimum Gasteiger partial charge on any atom is -0.347 e. The normalized spacial score (nSPS) is 17.0. The molecule has 8 nitrogen and oxygen atoms in total. The number of rotatable bonds is 10. The molecule has 0 aromatic rings. The lowest BCUT2D eigenvalue weighted by Crippen LogP contribution is -2.52. The molecule has 26 heavy (non-hydrogen) atoms. The minimum atomic E-state index is -3.28. The van der Waals surface area contributed by atoms with Gasteiger partial charge in [0.15, 0.2) is 11.9 Å². The Kier molecular flexibility index (Phi) is 9.64. The quantitative estimate of drug-likeness (QED) is 0.337. The van der Waals surface area contributed by atoms with Gasteiger partial charge in [0.1, 0.15) is 12.2 Å². The van der Waals surface area contributed by atoms with Gasteiger partial charge in [0, 0.05) is 0 Å². The van der Waals surface area contributed by atoms with Crippen LogP contribution in [0.1, 0.15) is 46.0 Å². The number of nitrogens with two attached hydrogens (primary N) is 1. The molecule has 1 rings (SSSR count). The van der Waals surface area contributed by atoms with E-state index in [-0.39, 0.29) is 37.2 Å². The zero-order valence-corrected chi connectivity index (χ0v) is 16.6. The first-order valence-electron chi connectivity index (χ1n) is 9.26. The summed E-state index contributed by atoms with van der Waals surface area (Å²) in [5.74, 6) is -1.25.